The summed E-state index contributed by atoms with van der Waals surface area (Å²) in [5.74, 6) is -0.490. The highest BCUT2D eigenvalue weighted by Gasteiger charge is 2.11. The zero-order valence-electron chi connectivity index (χ0n) is 7.94. The first-order valence-corrected chi connectivity index (χ1v) is 6.48. The summed E-state index contributed by atoms with van der Waals surface area (Å²) in [6, 6.07) is 5.23. The van der Waals surface area contributed by atoms with Gasteiger partial charge in [-0.05, 0) is 31.2 Å². The van der Waals surface area contributed by atoms with Crippen molar-refractivity contribution < 1.29 is 17.9 Å². The Balaban J connectivity index is 2.96. The zero-order chi connectivity index (χ0) is 11.5. The largest absolute Gasteiger partial charge is 0.462 e. The monoisotopic (exact) mass is 248 g/mol. The van der Waals surface area contributed by atoms with Crippen LogP contribution in [0.15, 0.2) is 29.2 Å². The van der Waals surface area contributed by atoms with E-state index in [2.05, 4.69) is 0 Å². The van der Waals surface area contributed by atoms with Gasteiger partial charge in [0.1, 0.15) is 0 Å². The molecule has 0 aliphatic carbocycles. The van der Waals surface area contributed by atoms with Gasteiger partial charge in [-0.2, -0.15) is 0 Å². The summed E-state index contributed by atoms with van der Waals surface area (Å²) in [5.41, 5.74) is 0.293. The third-order valence-corrected chi connectivity index (χ3v) is 3.02. The molecule has 0 amide bonds. The Labute approximate surface area is 92.2 Å². The van der Waals surface area contributed by atoms with E-state index in [1.807, 2.05) is 0 Å². The lowest BCUT2D eigenvalue weighted by Gasteiger charge is -2.01. The number of hydrogen-bond donors (Lipinski definition) is 0. The van der Waals surface area contributed by atoms with Crippen molar-refractivity contribution in [1.29, 1.82) is 0 Å². The summed E-state index contributed by atoms with van der Waals surface area (Å²) >= 11 is 0. The molecule has 0 saturated heterocycles. The van der Waals surface area contributed by atoms with Gasteiger partial charge in [0, 0.05) is 10.7 Å². The lowest BCUT2D eigenvalue weighted by molar-refractivity contribution is 0.0526. The predicted molar refractivity (Wildman–Crippen MR) is 55.4 cm³/mol. The van der Waals surface area contributed by atoms with Crippen LogP contribution >= 0.6 is 10.7 Å². The smallest absolute Gasteiger partial charge is 0.338 e. The van der Waals surface area contributed by atoms with Gasteiger partial charge in [-0.25, -0.2) is 13.2 Å². The van der Waals surface area contributed by atoms with Crippen molar-refractivity contribution >= 4 is 25.7 Å². The third kappa shape index (κ3) is 3.21. The summed E-state index contributed by atoms with van der Waals surface area (Å²) in [5, 5.41) is 0. The van der Waals surface area contributed by atoms with Crippen LogP contribution in [-0.2, 0) is 13.8 Å². The normalized spacial score (nSPS) is 11.1. The molecule has 82 valence electrons. The van der Waals surface area contributed by atoms with E-state index in [9.17, 15) is 13.2 Å². The lowest BCUT2D eigenvalue weighted by atomic mass is 10.2. The van der Waals surface area contributed by atoms with Crippen molar-refractivity contribution in [1.82, 2.24) is 0 Å². The molecule has 0 aliphatic heterocycles. The van der Waals surface area contributed by atoms with Crippen LogP contribution < -0.4 is 0 Å². The Morgan fingerprint density at radius 1 is 1.33 bits per heavy atom. The molecule has 1 aromatic rings. The van der Waals surface area contributed by atoms with E-state index in [1.54, 1.807) is 6.92 Å². The molecule has 0 spiro atoms. The Hall–Kier alpha value is -1.07. The van der Waals surface area contributed by atoms with E-state index in [-0.39, 0.29) is 11.5 Å². The molecule has 0 aromatic heterocycles. The van der Waals surface area contributed by atoms with Crippen LogP contribution in [0.2, 0.25) is 0 Å². The number of carbonyl (C=O) groups excluding carboxylic acids is 1. The van der Waals surface area contributed by atoms with Gasteiger partial charge < -0.3 is 4.74 Å². The minimum absolute atomic E-state index is 0.0442. The maximum Gasteiger partial charge on any atom is 0.338 e. The van der Waals surface area contributed by atoms with Crippen molar-refractivity contribution in [3.05, 3.63) is 29.8 Å². The molecular formula is C9H9ClO4S. The number of halogens is 1. The zero-order valence-corrected chi connectivity index (χ0v) is 9.51. The molecule has 4 nitrogen and oxygen atoms in total. The topological polar surface area (TPSA) is 60.4 Å². The molecule has 1 rings (SSSR count). The van der Waals surface area contributed by atoms with Crippen molar-refractivity contribution in [3.63, 3.8) is 0 Å². The van der Waals surface area contributed by atoms with E-state index < -0.39 is 15.0 Å². The average molecular weight is 249 g/mol. The van der Waals surface area contributed by atoms with E-state index in [1.165, 1.54) is 24.3 Å². The summed E-state index contributed by atoms with van der Waals surface area (Å²) in [6.45, 7) is 1.96. The number of benzene rings is 1. The SMILES string of the molecule is CCOC(=O)c1ccc(S(=O)(=O)Cl)cc1. The summed E-state index contributed by atoms with van der Waals surface area (Å²) in [4.78, 5) is 11.2. The minimum atomic E-state index is -3.74. The van der Waals surface area contributed by atoms with Crippen LogP contribution in [0.25, 0.3) is 0 Å². The van der Waals surface area contributed by atoms with Crippen molar-refractivity contribution in [2.24, 2.45) is 0 Å². The fourth-order valence-electron chi connectivity index (χ4n) is 0.968. The first-order valence-electron chi connectivity index (χ1n) is 4.17. The molecule has 15 heavy (non-hydrogen) atoms. The second-order valence-corrected chi connectivity index (χ2v) is 5.25. The molecular weight excluding hydrogens is 240 g/mol. The summed E-state index contributed by atoms with van der Waals surface area (Å²) < 4.78 is 26.5. The first-order chi connectivity index (χ1) is 6.95. The lowest BCUT2D eigenvalue weighted by Crippen LogP contribution is -2.04. The third-order valence-electron chi connectivity index (χ3n) is 1.65. The van der Waals surface area contributed by atoms with Gasteiger partial charge in [0.15, 0.2) is 0 Å². The van der Waals surface area contributed by atoms with Gasteiger partial charge in [-0.1, -0.05) is 0 Å². The molecule has 0 heterocycles. The molecule has 6 heteroatoms. The number of ether oxygens (including phenoxy) is 1. The predicted octanol–water partition coefficient (Wildman–Crippen LogP) is 1.79. The molecule has 0 radical (unpaired) electrons. The average Bonchev–Trinajstić information content (AvgIpc) is 2.17. The van der Waals surface area contributed by atoms with E-state index in [0.717, 1.165) is 0 Å². The van der Waals surface area contributed by atoms with Gasteiger partial charge in [-0.15, -0.1) is 0 Å². The quantitative estimate of drug-likeness (QED) is 0.604. The van der Waals surface area contributed by atoms with Gasteiger partial charge in [0.25, 0.3) is 9.05 Å². The summed E-state index contributed by atoms with van der Waals surface area (Å²) in [6.07, 6.45) is 0. The fourth-order valence-corrected chi connectivity index (χ4v) is 1.74. The van der Waals surface area contributed by atoms with E-state index in [0.29, 0.717) is 5.56 Å². The highest BCUT2D eigenvalue weighted by atomic mass is 35.7. The van der Waals surface area contributed by atoms with Crippen LogP contribution in [0.4, 0.5) is 0 Å². The molecule has 0 bridgehead atoms. The highest BCUT2D eigenvalue weighted by molar-refractivity contribution is 8.13. The molecule has 0 aliphatic rings. The maximum absolute atomic E-state index is 11.2. The number of carbonyl (C=O) groups is 1. The number of rotatable bonds is 3. The van der Waals surface area contributed by atoms with Crippen LogP contribution in [0.5, 0.6) is 0 Å². The molecule has 0 N–H and O–H groups in total. The number of hydrogen-bond acceptors (Lipinski definition) is 4. The molecule has 1 aromatic carbocycles. The van der Waals surface area contributed by atoms with Crippen LogP contribution in [-0.4, -0.2) is 21.0 Å². The standard InChI is InChI=1S/C9H9ClO4S/c1-2-14-9(11)7-3-5-8(6-4-7)15(10,12)13/h3-6H,2H2,1H3. The highest BCUT2D eigenvalue weighted by Crippen LogP contribution is 2.15. The van der Waals surface area contributed by atoms with E-state index >= 15 is 0 Å². The minimum Gasteiger partial charge on any atom is -0.462 e. The Morgan fingerprint density at radius 3 is 2.27 bits per heavy atom. The molecule has 0 atom stereocenters. The first kappa shape index (κ1) is 12.0. The van der Waals surface area contributed by atoms with Crippen LogP contribution in [0.1, 0.15) is 17.3 Å². The Morgan fingerprint density at radius 2 is 1.87 bits per heavy atom. The molecule has 0 fully saturated rings. The van der Waals surface area contributed by atoms with Crippen molar-refractivity contribution in [2.75, 3.05) is 6.61 Å². The van der Waals surface area contributed by atoms with Crippen LogP contribution in [0, 0.1) is 0 Å². The maximum atomic E-state index is 11.2. The van der Waals surface area contributed by atoms with Crippen molar-refractivity contribution in [2.45, 2.75) is 11.8 Å². The Bertz CT molecular complexity index is 450. The fraction of sp³-hybridized carbons (Fsp3) is 0.222. The van der Waals surface area contributed by atoms with Gasteiger partial charge in [-0.3, -0.25) is 0 Å². The summed E-state index contributed by atoms with van der Waals surface area (Å²) in [7, 11) is 1.37. The Kier molecular flexibility index (Phi) is 3.71. The number of esters is 1. The van der Waals surface area contributed by atoms with Gasteiger partial charge in [0.2, 0.25) is 0 Å². The molecule has 0 unspecified atom stereocenters. The second-order valence-electron chi connectivity index (χ2n) is 2.68. The van der Waals surface area contributed by atoms with E-state index in [4.69, 9.17) is 15.4 Å². The van der Waals surface area contributed by atoms with Crippen LogP contribution in [0.3, 0.4) is 0 Å². The second kappa shape index (κ2) is 4.63. The van der Waals surface area contributed by atoms with Gasteiger partial charge in [0.05, 0.1) is 17.1 Å². The molecule has 0 saturated carbocycles. The van der Waals surface area contributed by atoms with Crippen molar-refractivity contribution in [3.8, 4) is 0 Å². The van der Waals surface area contributed by atoms with Gasteiger partial charge >= 0.3 is 5.97 Å².